The standard InChI is InChI=1S/C23H19FN8/c1-13(25-2)12-32(3)19-6-8-27-22-21(19)28-23(29-22)20-16-9-15(14-5-4-7-26-11-14)17(24)10-18(16)30-31-20/h4-12H,2H2,1,3H3,(H,30,31)(H,27,28,29)/b13-12-. The smallest absolute Gasteiger partial charge is 0.180 e. The van der Waals surface area contributed by atoms with Crippen molar-refractivity contribution < 1.29 is 4.39 Å². The van der Waals surface area contributed by atoms with Gasteiger partial charge in [-0.15, -0.1) is 0 Å². The first-order valence-electron chi connectivity index (χ1n) is 9.86. The predicted molar refractivity (Wildman–Crippen MR) is 124 cm³/mol. The van der Waals surface area contributed by atoms with Gasteiger partial charge in [0, 0.05) is 54.4 Å². The van der Waals surface area contributed by atoms with Crippen LogP contribution in [-0.2, 0) is 0 Å². The van der Waals surface area contributed by atoms with Crippen LogP contribution < -0.4 is 4.90 Å². The minimum absolute atomic E-state index is 0.353. The third kappa shape index (κ3) is 3.29. The van der Waals surface area contributed by atoms with Crippen molar-refractivity contribution in [1.29, 1.82) is 0 Å². The fourth-order valence-corrected chi connectivity index (χ4v) is 3.66. The summed E-state index contributed by atoms with van der Waals surface area (Å²) in [4.78, 5) is 22.3. The lowest BCUT2D eigenvalue weighted by Crippen LogP contribution is -2.09. The van der Waals surface area contributed by atoms with Gasteiger partial charge < -0.3 is 9.88 Å². The highest BCUT2D eigenvalue weighted by Gasteiger charge is 2.18. The highest BCUT2D eigenvalue weighted by Crippen LogP contribution is 2.33. The van der Waals surface area contributed by atoms with E-state index in [0.717, 1.165) is 22.3 Å². The summed E-state index contributed by atoms with van der Waals surface area (Å²) in [7, 11) is 1.91. The molecule has 2 N–H and O–H groups in total. The molecule has 0 aliphatic rings. The fraction of sp³-hybridized carbons (Fsp3) is 0.0870. The highest BCUT2D eigenvalue weighted by molar-refractivity contribution is 5.97. The van der Waals surface area contributed by atoms with Gasteiger partial charge in [0.15, 0.2) is 11.5 Å². The molecular formula is C23H19FN8. The number of aromatic nitrogens is 6. The topological polar surface area (TPSA) is 98.7 Å². The first-order chi connectivity index (χ1) is 15.5. The number of hydrogen-bond donors (Lipinski definition) is 2. The van der Waals surface area contributed by atoms with Crippen LogP contribution in [0.4, 0.5) is 10.1 Å². The second-order valence-corrected chi connectivity index (χ2v) is 7.35. The van der Waals surface area contributed by atoms with Crippen molar-refractivity contribution in [3.05, 3.63) is 66.6 Å². The monoisotopic (exact) mass is 426 g/mol. The number of benzene rings is 1. The molecule has 4 aromatic heterocycles. The van der Waals surface area contributed by atoms with E-state index in [9.17, 15) is 4.39 Å². The minimum atomic E-state index is -0.353. The van der Waals surface area contributed by atoms with Gasteiger partial charge in [-0.05, 0) is 31.8 Å². The predicted octanol–water partition coefficient (Wildman–Crippen LogP) is 4.70. The Morgan fingerprint density at radius 1 is 1.25 bits per heavy atom. The molecule has 0 saturated carbocycles. The van der Waals surface area contributed by atoms with Crippen LogP contribution in [0.3, 0.4) is 0 Å². The SMILES string of the molecule is C=N/C(C)=C\N(C)c1ccnc2nc(-c3n[nH]c4cc(F)c(-c5cccnc5)cc34)[nH]c12. The summed E-state index contributed by atoms with van der Waals surface area (Å²) >= 11 is 0. The molecule has 0 unspecified atom stereocenters. The Labute approximate surface area is 182 Å². The molecule has 5 rings (SSSR count). The Balaban J connectivity index is 1.65. The molecule has 0 radical (unpaired) electrons. The number of nitrogens with one attached hydrogen (secondary N) is 2. The molecule has 0 amide bonds. The van der Waals surface area contributed by atoms with E-state index in [0.29, 0.717) is 33.8 Å². The number of aliphatic imine (C=N–C) groups is 1. The van der Waals surface area contributed by atoms with Crippen LogP contribution in [0.1, 0.15) is 6.92 Å². The van der Waals surface area contributed by atoms with Crippen molar-refractivity contribution in [3.8, 4) is 22.6 Å². The number of anilines is 1. The zero-order valence-electron chi connectivity index (χ0n) is 17.5. The van der Waals surface area contributed by atoms with Gasteiger partial charge >= 0.3 is 0 Å². The molecule has 9 heteroatoms. The van der Waals surface area contributed by atoms with Crippen LogP contribution in [0.15, 0.2) is 65.8 Å². The van der Waals surface area contributed by atoms with Gasteiger partial charge in [0.05, 0.1) is 16.9 Å². The van der Waals surface area contributed by atoms with Crippen molar-refractivity contribution in [1.82, 2.24) is 30.1 Å². The Hall–Kier alpha value is -4.40. The number of hydrogen-bond acceptors (Lipinski definition) is 6. The molecule has 0 fully saturated rings. The van der Waals surface area contributed by atoms with Crippen molar-refractivity contribution >= 4 is 34.5 Å². The van der Waals surface area contributed by atoms with Gasteiger partial charge in [-0.2, -0.15) is 5.10 Å². The third-order valence-electron chi connectivity index (χ3n) is 5.23. The van der Waals surface area contributed by atoms with Crippen molar-refractivity contribution in [3.63, 3.8) is 0 Å². The average Bonchev–Trinajstić information content (AvgIpc) is 3.42. The zero-order valence-corrected chi connectivity index (χ0v) is 17.5. The maximum Gasteiger partial charge on any atom is 0.180 e. The van der Waals surface area contributed by atoms with E-state index in [4.69, 9.17) is 0 Å². The van der Waals surface area contributed by atoms with E-state index in [-0.39, 0.29) is 5.82 Å². The normalized spacial score (nSPS) is 11.9. The average molecular weight is 426 g/mol. The number of nitrogens with zero attached hydrogens (tertiary/aromatic N) is 6. The van der Waals surface area contributed by atoms with E-state index >= 15 is 0 Å². The summed E-state index contributed by atoms with van der Waals surface area (Å²) in [6.45, 7) is 5.42. The molecule has 0 aliphatic heterocycles. The van der Waals surface area contributed by atoms with Crippen LogP contribution in [0.2, 0.25) is 0 Å². The number of H-pyrrole nitrogens is 2. The molecule has 0 atom stereocenters. The van der Waals surface area contributed by atoms with E-state index < -0.39 is 0 Å². The number of aromatic amines is 2. The molecular weight excluding hydrogens is 407 g/mol. The third-order valence-corrected chi connectivity index (χ3v) is 5.23. The van der Waals surface area contributed by atoms with E-state index in [2.05, 4.69) is 41.8 Å². The quantitative estimate of drug-likeness (QED) is 0.397. The van der Waals surface area contributed by atoms with Crippen molar-refractivity contribution in [2.75, 3.05) is 11.9 Å². The van der Waals surface area contributed by atoms with E-state index in [1.807, 2.05) is 37.2 Å². The number of pyridine rings is 2. The number of halogens is 1. The number of rotatable bonds is 5. The Morgan fingerprint density at radius 2 is 2.12 bits per heavy atom. The zero-order chi connectivity index (χ0) is 22.2. The second kappa shape index (κ2) is 7.69. The molecule has 158 valence electrons. The van der Waals surface area contributed by atoms with Crippen LogP contribution in [0.25, 0.3) is 44.7 Å². The largest absolute Gasteiger partial charge is 0.347 e. The summed E-state index contributed by atoms with van der Waals surface area (Å²) < 4.78 is 14.7. The number of imidazole rings is 1. The molecule has 5 aromatic rings. The van der Waals surface area contributed by atoms with Gasteiger partial charge in [0.2, 0.25) is 0 Å². The Kier molecular flexibility index (Phi) is 4.70. The first-order valence-corrected chi connectivity index (χ1v) is 9.86. The summed E-state index contributed by atoms with van der Waals surface area (Å²) in [5.74, 6) is 0.180. The molecule has 4 heterocycles. The van der Waals surface area contributed by atoms with Gasteiger partial charge in [-0.1, -0.05) is 6.07 Å². The van der Waals surface area contributed by atoms with E-state index in [1.165, 1.54) is 6.07 Å². The van der Waals surface area contributed by atoms with Crippen molar-refractivity contribution in [2.45, 2.75) is 6.92 Å². The molecule has 8 nitrogen and oxygen atoms in total. The summed E-state index contributed by atoms with van der Waals surface area (Å²) in [5, 5.41) is 8.03. The highest BCUT2D eigenvalue weighted by atomic mass is 19.1. The maximum absolute atomic E-state index is 14.7. The second-order valence-electron chi connectivity index (χ2n) is 7.35. The van der Waals surface area contributed by atoms with Crippen LogP contribution in [0.5, 0.6) is 0 Å². The molecule has 0 bridgehead atoms. The first kappa shape index (κ1) is 19.6. The molecule has 32 heavy (non-hydrogen) atoms. The lowest BCUT2D eigenvalue weighted by atomic mass is 10.0. The van der Waals surface area contributed by atoms with Gasteiger partial charge in [-0.3, -0.25) is 15.1 Å². The summed E-state index contributed by atoms with van der Waals surface area (Å²) in [6.07, 6.45) is 6.85. The Bertz CT molecular complexity index is 1480. The van der Waals surface area contributed by atoms with Gasteiger partial charge in [0.1, 0.15) is 17.0 Å². The Morgan fingerprint density at radius 3 is 2.91 bits per heavy atom. The van der Waals surface area contributed by atoms with Crippen molar-refractivity contribution in [2.24, 2.45) is 4.99 Å². The number of fused-ring (bicyclic) bond motifs is 2. The lowest BCUT2D eigenvalue weighted by Gasteiger charge is -2.15. The summed E-state index contributed by atoms with van der Waals surface area (Å²) in [6, 6.07) is 8.67. The molecule has 0 aliphatic carbocycles. The summed E-state index contributed by atoms with van der Waals surface area (Å²) in [5.41, 5.74) is 5.24. The van der Waals surface area contributed by atoms with Crippen LogP contribution in [0, 0.1) is 5.82 Å². The van der Waals surface area contributed by atoms with E-state index in [1.54, 1.807) is 30.7 Å². The van der Waals surface area contributed by atoms with Gasteiger partial charge in [0.25, 0.3) is 0 Å². The number of allylic oxidation sites excluding steroid dienone is 1. The lowest BCUT2D eigenvalue weighted by molar-refractivity contribution is 0.632. The van der Waals surface area contributed by atoms with Crippen LogP contribution >= 0.6 is 0 Å². The fourth-order valence-electron chi connectivity index (χ4n) is 3.66. The minimum Gasteiger partial charge on any atom is -0.347 e. The molecule has 1 aromatic carbocycles. The molecule has 0 saturated heterocycles. The maximum atomic E-state index is 14.7. The van der Waals surface area contributed by atoms with Crippen LogP contribution in [-0.4, -0.2) is 43.9 Å². The van der Waals surface area contributed by atoms with Gasteiger partial charge in [-0.25, -0.2) is 14.4 Å². The molecule has 0 spiro atoms.